The lowest BCUT2D eigenvalue weighted by molar-refractivity contribution is -0.142. The van der Waals surface area contributed by atoms with E-state index in [0.29, 0.717) is 19.3 Å². The summed E-state index contributed by atoms with van der Waals surface area (Å²) < 4.78 is 0. The van der Waals surface area contributed by atoms with Crippen LogP contribution in [-0.4, -0.2) is 59.4 Å². The Morgan fingerprint density at radius 2 is 1.93 bits per heavy atom. The smallest absolute Gasteiger partial charge is 0.326 e. The molecule has 1 aliphatic heterocycles. The van der Waals surface area contributed by atoms with Crippen molar-refractivity contribution in [1.82, 2.24) is 16.0 Å². The minimum Gasteiger partial charge on any atom is -0.480 e. The molecule has 1 saturated heterocycles. The van der Waals surface area contributed by atoms with Crippen LogP contribution in [0.4, 0.5) is 0 Å². The van der Waals surface area contributed by atoms with E-state index in [0.717, 1.165) is 0 Å². The van der Waals surface area contributed by atoms with E-state index in [-0.39, 0.29) is 37.2 Å². The van der Waals surface area contributed by atoms with E-state index in [9.17, 15) is 24.3 Å². The number of carbonyl (C=O) groups is 4. The summed E-state index contributed by atoms with van der Waals surface area (Å²) in [5.41, 5.74) is 10.4. The molecule has 0 aromatic heterocycles. The Labute approximate surface area is 163 Å². The Morgan fingerprint density at radius 1 is 1.25 bits per heavy atom. The number of nitrogens with two attached hydrogens (primary N) is 2. The zero-order chi connectivity index (χ0) is 21.3. The second kappa shape index (κ2) is 11.1. The molecule has 3 atom stereocenters. The van der Waals surface area contributed by atoms with Crippen LogP contribution in [0.2, 0.25) is 0 Å². The maximum atomic E-state index is 12.6. The van der Waals surface area contributed by atoms with Crippen molar-refractivity contribution in [3.63, 3.8) is 0 Å². The van der Waals surface area contributed by atoms with Gasteiger partial charge in [-0.15, -0.1) is 0 Å². The molecular weight excluding hydrogens is 368 g/mol. The number of nitrogens with one attached hydrogen (secondary N) is 3. The SMILES string of the molecule is CC(C)CC(NC(=O)C1CCC(=O)N1)C(=O)NC(CCCN=C(N)N)C(=O)O. The summed E-state index contributed by atoms with van der Waals surface area (Å²) in [6.45, 7) is 4.01. The molecule has 158 valence electrons. The number of hydrogen-bond donors (Lipinski definition) is 6. The Morgan fingerprint density at radius 3 is 2.43 bits per heavy atom. The number of nitrogens with zero attached hydrogens (tertiary/aromatic N) is 1. The summed E-state index contributed by atoms with van der Waals surface area (Å²) in [5.74, 6) is -2.44. The van der Waals surface area contributed by atoms with Gasteiger partial charge in [0.15, 0.2) is 5.96 Å². The van der Waals surface area contributed by atoms with Gasteiger partial charge in [-0.25, -0.2) is 4.79 Å². The number of guanidine groups is 1. The number of carboxylic acids is 1. The van der Waals surface area contributed by atoms with Gasteiger partial charge >= 0.3 is 5.97 Å². The van der Waals surface area contributed by atoms with Crippen LogP contribution in [0, 0.1) is 5.92 Å². The van der Waals surface area contributed by atoms with Gasteiger partial charge in [0.1, 0.15) is 18.1 Å². The van der Waals surface area contributed by atoms with Crippen LogP contribution in [0.25, 0.3) is 0 Å². The van der Waals surface area contributed by atoms with Gasteiger partial charge in [-0.3, -0.25) is 19.4 Å². The highest BCUT2D eigenvalue weighted by atomic mass is 16.4. The van der Waals surface area contributed by atoms with Gasteiger partial charge in [0.2, 0.25) is 17.7 Å². The molecule has 11 heteroatoms. The van der Waals surface area contributed by atoms with Crippen molar-refractivity contribution >= 4 is 29.7 Å². The first kappa shape index (κ1) is 23.2. The average Bonchev–Trinajstić information content (AvgIpc) is 3.02. The molecule has 0 aliphatic carbocycles. The van der Waals surface area contributed by atoms with Crippen LogP contribution in [0.3, 0.4) is 0 Å². The first-order valence-electron chi connectivity index (χ1n) is 9.28. The third kappa shape index (κ3) is 8.23. The van der Waals surface area contributed by atoms with E-state index in [1.807, 2.05) is 13.8 Å². The van der Waals surface area contributed by atoms with Crippen molar-refractivity contribution in [2.75, 3.05) is 6.54 Å². The first-order chi connectivity index (χ1) is 13.1. The van der Waals surface area contributed by atoms with Crippen molar-refractivity contribution in [2.24, 2.45) is 22.4 Å². The lowest BCUT2D eigenvalue weighted by Crippen LogP contribution is -2.54. The second-order valence-corrected chi connectivity index (χ2v) is 7.20. The largest absolute Gasteiger partial charge is 0.480 e. The molecule has 0 saturated carbocycles. The predicted molar refractivity (Wildman–Crippen MR) is 102 cm³/mol. The molecule has 1 fully saturated rings. The molecule has 1 rings (SSSR count). The Balaban J connectivity index is 2.69. The highest BCUT2D eigenvalue weighted by Gasteiger charge is 2.32. The zero-order valence-electron chi connectivity index (χ0n) is 16.2. The van der Waals surface area contributed by atoms with E-state index in [1.165, 1.54) is 0 Å². The van der Waals surface area contributed by atoms with Crippen LogP contribution in [0.1, 0.15) is 46.0 Å². The summed E-state index contributed by atoms with van der Waals surface area (Å²) in [6, 6.07) is -2.70. The molecular formula is C17H30N6O5. The number of aliphatic imine (C=N–C) groups is 1. The van der Waals surface area contributed by atoms with Gasteiger partial charge in [0, 0.05) is 13.0 Å². The van der Waals surface area contributed by atoms with E-state index in [4.69, 9.17) is 11.5 Å². The predicted octanol–water partition coefficient (Wildman–Crippen LogP) is -1.58. The molecule has 28 heavy (non-hydrogen) atoms. The highest BCUT2D eigenvalue weighted by molar-refractivity contribution is 5.94. The van der Waals surface area contributed by atoms with E-state index in [2.05, 4.69) is 20.9 Å². The van der Waals surface area contributed by atoms with Gasteiger partial charge in [-0.05, 0) is 31.6 Å². The summed E-state index contributed by atoms with van der Waals surface area (Å²) in [7, 11) is 0. The molecule has 0 spiro atoms. The summed E-state index contributed by atoms with van der Waals surface area (Å²) in [5, 5.41) is 17.0. The Hall–Kier alpha value is -2.85. The number of aliphatic carboxylic acids is 1. The van der Waals surface area contributed by atoms with Gasteiger partial charge in [0.25, 0.3) is 0 Å². The maximum absolute atomic E-state index is 12.6. The summed E-state index contributed by atoms with van der Waals surface area (Å²) in [6.07, 6.45) is 1.46. The van der Waals surface area contributed by atoms with E-state index < -0.39 is 35.9 Å². The third-order valence-corrected chi connectivity index (χ3v) is 4.21. The molecule has 3 amide bonds. The number of hydrogen-bond acceptors (Lipinski definition) is 5. The summed E-state index contributed by atoms with van der Waals surface area (Å²) >= 11 is 0. The highest BCUT2D eigenvalue weighted by Crippen LogP contribution is 2.10. The van der Waals surface area contributed by atoms with Gasteiger partial charge in [-0.2, -0.15) is 0 Å². The monoisotopic (exact) mass is 398 g/mol. The Bertz CT molecular complexity index is 617. The van der Waals surface area contributed by atoms with Crippen molar-refractivity contribution < 1.29 is 24.3 Å². The average molecular weight is 398 g/mol. The van der Waals surface area contributed by atoms with Crippen LogP contribution >= 0.6 is 0 Å². The van der Waals surface area contributed by atoms with Gasteiger partial charge in [-0.1, -0.05) is 13.8 Å². The number of rotatable bonds is 11. The fourth-order valence-corrected chi connectivity index (χ4v) is 2.82. The number of amides is 3. The third-order valence-electron chi connectivity index (χ3n) is 4.21. The quantitative estimate of drug-likeness (QED) is 0.137. The van der Waals surface area contributed by atoms with E-state index in [1.54, 1.807) is 0 Å². The van der Waals surface area contributed by atoms with Crippen LogP contribution in [0.5, 0.6) is 0 Å². The Kier molecular flexibility index (Phi) is 9.19. The number of carboxylic acid groups (broad SMARTS) is 1. The van der Waals surface area contributed by atoms with Crippen molar-refractivity contribution in [3.8, 4) is 0 Å². The van der Waals surface area contributed by atoms with Gasteiger partial charge in [0.05, 0.1) is 0 Å². The van der Waals surface area contributed by atoms with Crippen molar-refractivity contribution in [2.45, 2.75) is 64.1 Å². The minimum atomic E-state index is -1.18. The molecule has 0 bridgehead atoms. The molecule has 0 radical (unpaired) electrons. The fourth-order valence-electron chi connectivity index (χ4n) is 2.82. The molecule has 8 N–H and O–H groups in total. The van der Waals surface area contributed by atoms with Crippen LogP contribution in [-0.2, 0) is 19.2 Å². The minimum absolute atomic E-state index is 0.0827. The second-order valence-electron chi connectivity index (χ2n) is 7.20. The normalized spacial score (nSPS) is 18.1. The van der Waals surface area contributed by atoms with Crippen molar-refractivity contribution in [3.05, 3.63) is 0 Å². The number of carbonyl (C=O) groups excluding carboxylic acids is 3. The molecule has 11 nitrogen and oxygen atoms in total. The molecule has 1 aliphatic rings. The summed E-state index contributed by atoms with van der Waals surface area (Å²) in [4.78, 5) is 51.4. The molecule has 1 heterocycles. The maximum Gasteiger partial charge on any atom is 0.326 e. The molecule has 0 aromatic carbocycles. The lowest BCUT2D eigenvalue weighted by atomic mass is 10.0. The standard InChI is InChI=1S/C17H30N6O5/c1-9(2)8-12(23-14(25)10-5-6-13(24)21-10)15(26)22-11(16(27)28)4-3-7-20-17(18)19/h9-12H,3-8H2,1-2H3,(H,21,24)(H,22,26)(H,23,25)(H,27,28)(H4,18,19,20). The van der Waals surface area contributed by atoms with Crippen LogP contribution < -0.4 is 27.4 Å². The van der Waals surface area contributed by atoms with E-state index >= 15 is 0 Å². The first-order valence-corrected chi connectivity index (χ1v) is 9.28. The van der Waals surface area contributed by atoms with Gasteiger partial charge < -0.3 is 32.5 Å². The fraction of sp³-hybridized carbons (Fsp3) is 0.706. The molecule has 3 unspecified atom stereocenters. The topological polar surface area (TPSA) is 189 Å². The molecule has 0 aromatic rings. The van der Waals surface area contributed by atoms with Crippen molar-refractivity contribution in [1.29, 1.82) is 0 Å². The lowest BCUT2D eigenvalue weighted by Gasteiger charge is -2.24. The zero-order valence-corrected chi connectivity index (χ0v) is 16.2. The van der Waals surface area contributed by atoms with Crippen LogP contribution in [0.15, 0.2) is 4.99 Å².